The molecule has 7 heteroatoms. The summed E-state index contributed by atoms with van der Waals surface area (Å²) in [7, 11) is 0. The van der Waals surface area contributed by atoms with Crippen molar-refractivity contribution in [3.8, 4) is 17.2 Å². The molecular weight excluding hydrogens is 432 g/mol. The van der Waals surface area contributed by atoms with E-state index in [0.29, 0.717) is 42.1 Å². The second-order valence-electron chi connectivity index (χ2n) is 9.18. The molecule has 0 bridgehead atoms. The number of benzene rings is 2. The number of aromatic nitrogens is 1. The molecule has 2 aromatic carbocycles. The number of carbonyl (C=O) groups excluding carboxylic acids is 2. The number of hydrogen-bond donors (Lipinski definition) is 2. The van der Waals surface area contributed by atoms with E-state index in [1.54, 1.807) is 12.3 Å². The van der Waals surface area contributed by atoms with Crippen molar-refractivity contribution in [2.75, 3.05) is 5.32 Å². The van der Waals surface area contributed by atoms with Crippen molar-refractivity contribution in [2.24, 2.45) is 5.92 Å². The molecule has 3 heterocycles. The van der Waals surface area contributed by atoms with Crippen LogP contribution in [0, 0.1) is 12.8 Å². The van der Waals surface area contributed by atoms with Gasteiger partial charge in [0.2, 0.25) is 5.91 Å². The van der Waals surface area contributed by atoms with Gasteiger partial charge in [-0.2, -0.15) is 0 Å². The van der Waals surface area contributed by atoms with E-state index in [1.807, 2.05) is 43.3 Å². The summed E-state index contributed by atoms with van der Waals surface area (Å²) in [5.74, 6) is 3.18. The first-order chi connectivity index (χ1) is 16.5. The maximum Gasteiger partial charge on any atom is 0.225 e. The quantitative estimate of drug-likeness (QED) is 0.537. The zero-order chi connectivity index (χ0) is 23.4. The number of aliphatic hydroxyl groups excluding tert-OH is 1. The molecule has 1 saturated carbocycles. The molecule has 34 heavy (non-hydrogen) atoms. The van der Waals surface area contributed by atoms with E-state index in [4.69, 9.17) is 9.47 Å². The van der Waals surface area contributed by atoms with Crippen LogP contribution in [0.2, 0.25) is 0 Å². The molecule has 1 fully saturated rings. The van der Waals surface area contributed by atoms with Crippen molar-refractivity contribution in [3.05, 3.63) is 76.5 Å². The lowest BCUT2D eigenvalue weighted by Crippen LogP contribution is -2.20. The Kier molecular flexibility index (Phi) is 4.88. The van der Waals surface area contributed by atoms with Crippen molar-refractivity contribution in [1.29, 1.82) is 0 Å². The summed E-state index contributed by atoms with van der Waals surface area (Å²) in [4.78, 5) is 28.8. The SMILES string of the molecule is Cc1cc(C(=O)C[C@@H]2[C@H]3Oc4ccc(Oc5ccnc6c5CCC(=O)N6)cc4[C@@H]23)ccc1CO. The van der Waals surface area contributed by atoms with Gasteiger partial charge in [-0.3, -0.25) is 9.59 Å². The van der Waals surface area contributed by atoms with E-state index in [0.717, 1.165) is 28.0 Å². The fourth-order valence-corrected chi connectivity index (χ4v) is 5.12. The summed E-state index contributed by atoms with van der Waals surface area (Å²) in [5.41, 5.74) is 4.40. The van der Waals surface area contributed by atoms with Gasteiger partial charge < -0.3 is 19.9 Å². The number of rotatable bonds is 6. The largest absolute Gasteiger partial charge is 0.489 e. The first-order valence-electron chi connectivity index (χ1n) is 11.5. The maximum absolute atomic E-state index is 12.9. The Bertz CT molecular complexity index is 1330. The van der Waals surface area contributed by atoms with Crippen LogP contribution in [0.25, 0.3) is 0 Å². The predicted octanol–water partition coefficient (Wildman–Crippen LogP) is 4.31. The standard InChI is InChI=1S/C27H24N2O5/c1-14-10-15(2-3-16(14)13-30)21(31)12-20-25-19-11-17(4-6-22(19)34-26(20)25)33-23-8-9-28-27-18(23)5-7-24(32)29-27/h2-4,6,8-11,20,25-26,30H,5,7,12-13H2,1H3,(H,28,29,32)/t20-,25-,26+/m0/s1. The number of pyridine rings is 1. The van der Waals surface area contributed by atoms with Gasteiger partial charge >= 0.3 is 0 Å². The highest BCUT2D eigenvalue weighted by Crippen LogP contribution is 2.60. The molecule has 6 rings (SSSR count). The van der Waals surface area contributed by atoms with Crippen LogP contribution >= 0.6 is 0 Å². The van der Waals surface area contributed by atoms with E-state index in [1.165, 1.54) is 0 Å². The lowest BCUT2D eigenvalue weighted by atomic mass is 9.98. The number of nitrogens with one attached hydrogen (secondary N) is 1. The topological polar surface area (TPSA) is 97.8 Å². The first-order valence-corrected chi connectivity index (χ1v) is 11.5. The molecule has 0 saturated heterocycles. The third-order valence-corrected chi connectivity index (χ3v) is 7.06. The first kappa shape index (κ1) is 20.9. The van der Waals surface area contributed by atoms with Gasteiger partial charge in [0.05, 0.1) is 6.61 Å². The number of Topliss-reactive ketones (excluding diaryl/α,β-unsaturated/α-hetero) is 1. The Morgan fingerprint density at radius 3 is 2.91 bits per heavy atom. The fraction of sp³-hybridized carbons (Fsp3) is 0.296. The fourth-order valence-electron chi connectivity index (χ4n) is 5.12. The number of hydrogen-bond acceptors (Lipinski definition) is 6. The lowest BCUT2D eigenvalue weighted by molar-refractivity contribution is -0.116. The number of fused-ring (bicyclic) bond motifs is 4. The van der Waals surface area contributed by atoms with Crippen molar-refractivity contribution in [3.63, 3.8) is 0 Å². The molecule has 7 nitrogen and oxygen atoms in total. The number of ether oxygens (including phenoxy) is 2. The number of aryl methyl sites for hydroxylation is 1. The predicted molar refractivity (Wildman–Crippen MR) is 124 cm³/mol. The zero-order valence-electron chi connectivity index (χ0n) is 18.7. The maximum atomic E-state index is 12.9. The Labute approximate surface area is 196 Å². The molecule has 2 N–H and O–H groups in total. The monoisotopic (exact) mass is 456 g/mol. The Balaban J connectivity index is 1.18. The summed E-state index contributed by atoms with van der Waals surface area (Å²) in [6.45, 7) is 1.88. The van der Waals surface area contributed by atoms with Crippen LogP contribution in [0.5, 0.6) is 17.2 Å². The van der Waals surface area contributed by atoms with Gasteiger partial charge in [-0.05, 0) is 54.8 Å². The van der Waals surface area contributed by atoms with Gasteiger partial charge in [0.25, 0.3) is 0 Å². The smallest absolute Gasteiger partial charge is 0.225 e. The van der Waals surface area contributed by atoms with Crippen LogP contribution in [0.15, 0.2) is 48.7 Å². The average molecular weight is 456 g/mol. The van der Waals surface area contributed by atoms with Crippen molar-refractivity contribution < 1.29 is 24.2 Å². The highest BCUT2D eigenvalue weighted by Gasteiger charge is 2.59. The molecular formula is C27H24N2O5. The van der Waals surface area contributed by atoms with Gasteiger partial charge in [0.1, 0.15) is 29.2 Å². The summed E-state index contributed by atoms with van der Waals surface area (Å²) in [6, 6.07) is 13.1. The van der Waals surface area contributed by atoms with Crippen LogP contribution in [0.3, 0.4) is 0 Å². The summed E-state index contributed by atoms with van der Waals surface area (Å²) in [5, 5.41) is 12.2. The van der Waals surface area contributed by atoms with E-state index in [-0.39, 0.29) is 36.2 Å². The number of anilines is 1. The minimum atomic E-state index is -0.0355. The molecule has 1 aliphatic carbocycles. The van der Waals surface area contributed by atoms with E-state index < -0.39 is 0 Å². The molecule has 1 amide bonds. The number of nitrogens with zero attached hydrogens (tertiary/aromatic N) is 1. The lowest BCUT2D eigenvalue weighted by Gasteiger charge is -2.19. The highest BCUT2D eigenvalue weighted by molar-refractivity contribution is 5.97. The second kappa shape index (κ2) is 7.95. The molecule has 2 aliphatic heterocycles. The molecule has 0 radical (unpaired) electrons. The van der Waals surface area contributed by atoms with Crippen molar-refractivity contribution >= 4 is 17.5 Å². The van der Waals surface area contributed by atoms with E-state index >= 15 is 0 Å². The third-order valence-electron chi connectivity index (χ3n) is 7.06. The number of ketones is 1. The van der Waals surface area contributed by atoms with Gasteiger partial charge in [0, 0.05) is 47.6 Å². The molecule has 0 unspecified atom stereocenters. The molecule has 3 atom stereocenters. The number of carbonyl (C=O) groups is 2. The summed E-state index contributed by atoms with van der Waals surface area (Å²) < 4.78 is 12.3. The molecule has 1 aromatic heterocycles. The Hall–Kier alpha value is -3.71. The number of aliphatic hydroxyl groups is 1. The van der Waals surface area contributed by atoms with Crippen molar-refractivity contribution in [1.82, 2.24) is 4.98 Å². The molecule has 0 spiro atoms. The van der Waals surface area contributed by atoms with Crippen LogP contribution in [-0.4, -0.2) is 27.9 Å². The summed E-state index contributed by atoms with van der Waals surface area (Å²) in [6.07, 6.45) is 3.08. The zero-order valence-corrected chi connectivity index (χ0v) is 18.7. The minimum absolute atomic E-state index is 0.0240. The van der Waals surface area contributed by atoms with Crippen LogP contribution in [-0.2, 0) is 17.8 Å². The number of amides is 1. The average Bonchev–Trinajstić information content (AvgIpc) is 3.35. The van der Waals surface area contributed by atoms with Gasteiger partial charge in [-0.25, -0.2) is 4.98 Å². The third kappa shape index (κ3) is 3.53. The summed E-state index contributed by atoms with van der Waals surface area (Å²) >= 11 is 0. The normalized spacial score (nSPS) is 21.6. The molecule has 3 aromatic rings. The van der Waals surface area contributed by atoms with Crippen molar-refractivity contribution in [2.45, 2.75) is 44.8 Å². The minimum Gasteiger partial charge on any atom is -0.489 e. The van der Waals surface area contributed by atoms with Crippen LogP contribution in [0.1, 0.15) is 51.4 Å². The Morgan fingerprint density at radius 1 is 1.21 bits per heavy atom. The highest BCUT2D eigenvalue weighted by atomic mass is 16.5. The van der Waals surface area contributed by atoms with Gasteiger partial charge in [-0.15, -0.1) is 0 Å². The van der Waals surface area contributed by atoms with Crippen LogP contribution < -0.4 is 14.8 Å². The molecule has 3 aliphatic rings. The molecule has 172 valence electrons. The van der Waals surface area contributed by atoms with Gasteiger partial charge in [0.15, 0.2) is 5.78 Å². The van der Waals surface area contributed by atoms with Gasteiger partial charge in [-0.1, -0.05) is 12.1 Å². The van der Waals surface area contributed by atoms with E-state index in [2.05, 4.69) is 10.3 Å². The van der Waals surface area contributed by atoms with E-state index in [9.17, 15) is 14.7 Å². The second-order valence-corrected chi connectivity index (χ2v) is 9.18. The van der Waals surface area contributed by atoms with Crippen LogP contribution in [0.4, 0.5) is 5.82 Å². The Morgan fingerprint density at radius 2 is 2.09 bits per heavy atom.